The van der Waals surface area contributed by atoms with E-state index in [1.807, 2.05) is 37.2 Å². The smallest absolute Gasteiger partial charge is 0.224 e. The van der Waals surface area contributed by atoms with Crippen LogP contribution in [0.5, 0.6) is 0 Å². The van der Waals surface area contributed by atoms with Gasteiger partial charge in [-0.2, -0.15) is 0 Å². The van der Waals surface area contributed by atoms with Crippen molar-refractivity contribution >= 4 is 17.5 Å². The topological polar surface area (TPSA) is 61.4 Å². The molecule has 5 heteroatoms. The van der Waals surface area contributed by atoms with Crippen LogP contribution >= 0.6 is 0 Å². The third kappa shape index (κ3) is 4.06. The summed E-state index contributed by atoms with van der Waals surface area (Å²) in [6, 6.07) is 5.80. The molecule has 2 N–H and O–H groups in total. The fourth-order valence-corrected chi connectivity index (χ4v) is 2.21. The Bertz CT molecular complexity index is 512. The molecule has 108 valence electrons. The van der Waals surface area contributed by atoms with E-state index in [0.717, 1.165) is 29.8 Å². The first-order valence-corrected chi connectivity index (χ1v) is 6.87. The molecule has 5 nitrogen and oxygen atoms in total. The Hall–Kier alpha value is -1.88. The number of carbonyl (C=O) groups excluding carboxylic acids is 2. The predicted octanol–water partition coefficient (Wildman–Crippen LogP) is 0.792. The summed E-state index contributed by atoms with van der Waals surface area (Å²) in [7, 11) is 3.95. The van der Waals surface area contributed by atoms with Crippen molar-refractivity contribution < 1.29 is 9.59 Å². The van der Waals surface area contributed by atoms with Crippen molar-refractivity contribution in [3.63, 3.8) is 0 Å². The summed E-state index contributed by atoms with van der Waals surface area (Å²) < 4.78 is 0. The summed E-state index contributed by atoms with van der Waals surface area (Å²) in [6.45, 7) is 1.49. The summed E-state index contributed by atoms with van der Waals surface area (Å²) in [5.74, 6) is 0.0957. The highest BCUT2D eigenvalue weighted by molar-refractivity contribution is 5.94. The third-order valence-corrected chi connectivity index (χ3v) is 3.31. The van der Waals surface area contributed by atoms with Gasteiger partial charge in [0.05, 0.1) is 6.42 Å². The van der Waals surface area contributed by atoms with E-state index in [0.29, 0.717) is 19.4 Å². The van der Waals surface area contributed by atoms with Crippen LogP contribution < -0.4 is 10.6 Å². The SMILES string of the molecule is CN(C)CCNC(=O)Cc1ccc2c(c1)CCC(=O)N2. The molecule has 0 saturated carbocycles. The predicted molar refractivity (Wildman–Crippen MR) is 78.7 cm³/mol. The van der Waals surface area contributed by atoms with Crippen molar-refractivity contribution in [3.05, 3.63) is 29.3 Å². The summed E-state index contributed by atoms with van der Waals surface area (Å²) >= 11 is 0. The number of fused-ring (bicyclic) bond motifs is 1. The zero-order chi connectivity index (χ0) is 14.5. The number of hydrogen-bond donors (Lipinski definition) is 2. The molecule has 0 radical (unpaired) electrons. The molecular weight excluding hydrogens is 254 g/mol. The van der Waals surface area contributed by atoms with Gasteiger partial charge in [0.25, 0.3) is 0 Å². The minimum Gasteiger partial charge on any atom is -0.355 e. The zero-order valence-corrected chi connectivity index (χ0v) is 12.0. The van der Waals surface area contributed by atoms with Crippen molar-refractivity contribution in [2.24, 2.45) is 0 Å². The van der Waals surface area contributed by atoms with Gasteiger partial charge in [-0.25, -0.2) is 0 Å². The number of aryl methyl sites for hydroxylation is 1. The van der Waals surface area contributed by atoms with Gasteiger partial charge in [0.1, 0.15) is 0 Å². The molecule has 0 bridgehead atoms. The lowest BCUT2D eigenvalue weighted by Gasteiger charge is -2.17. The van der Waals surface area contributed by atoms with Crippen LogP contribution in [0.4, 0.5) is 5.69 Å². The van der Waals surface area contributed by atoms with Crippen LogP contribution in [0.2, 0.25) is 0 Å². The number of carbonyl (C=O) groups is 2. The molecule has 2 amide bonds. The summed E-state index contributed by atoms with van der Waals surface area (Å²) in [4.78, 5) is 25.1. The summed E-state index contributed by atoms with van der Waals surface area (Å²) in [5, 5.41) is 5.74. The molecule has 20 heavy (non-hydrogen) atoms. The second-order valence-electron chi connectivity index (χ2n) is 5.37. The van der Waals surface area contributed by atoms with Gasteiger partial charge in [-0.1, -0.05) is 12.1 Å². The van der Waals surface area contributed by atoms with Gasteiger partial charge in [0.2, 0.25) is 11.8 Å². The highest BCUT2D eigenvalue weighted by atomic mass is 16.2. The van der Waals surface area contributed by atoms with Crippen molar-refractivity contribution in [3.8, 4) is 0 Å². The van der Waals surface area contributed by atoms with E-state index < -0.39 is 0 Å². The average Bonchev–Trinajstić information content (AvgIpc) is 2.38. The molecule has 0 aromatic heterocycles. The van der Waals surface area contributed by atoms with Gasteiger partial charge in [0.15, 0.2) is 0 Å². The molecule has 1 aromatic carbocycles. The van der Waals surface area contributed by atoms with E-state index in [4.69, 9.17) is 0 Å². The number of nitrogens with zero attached hydrogens (tertiary/aromatic N) is 1. The first-order chi connectivity index (χ1) is 9.54. The van der Waals surface area contributed by atoms with E-state index >= 15 is 0 Å². The molecule has 2 rings (SSSR count). The Morgan fingerprint density at radius 3 is 2.90 bits per heavy atom. The fraction of sp³-hybridized carbons (Fsp3) is 0.467. The second-order valence-corrected chi connectivity index (χ2v) is 5.37. The molecular formula is C15H21N3O2. The summed E-state index contributed by atoms with van der Waals surface area (Å²) in [5.41, 5.74) is 2.98. The van der Waals surface area contributed by atoms with Crippen molar-refractivity contribution in [1.29, 1.82) is 0 Å². The van der Waals surface area contributed by atoms with Gasteiger partial charge in [-0.05, 0) is 37.7 Å². The number of nitrogens with one attached hydrogen (secondary N) is 2. The average molecular weight is 275 g/mol. The molecule has 1 aliphatic heterocycles. The van der Waals surface area contributed by atoms with Crippen molar-refractivity contribution in [2.45, 2.75) is 19.3 Å². The maximum absolute atomic E-state index is 11.8. The van der Waals surface area contributed by atoms with Crippen LogP contribution in [-0.2, 0) is 22.4 Å². The number of amides is 2. The van der Waals surface area contributed by atoms with Gasteiger partial charge >= 0.3 is 0 Å². The minimum atomic E-state index is 0.0339. The minimum absolute atomic E-state index is 0.0339. The number of rotatable bonds is 5. The Morgan fingerprint density at radius 2 is 2.15 bits per heavy atom. The number of benzene rings is 1. The lowest BCUT2D eigenvalue weighted by molar-refractivity contribution is -0.120. The lowest BCUT2D eigenvalue weighted by Crippen LogP contribution is -2.32. The molecule has 0 saturated heterocycles. The van der Waals surface area contributed by atoms with E-state index in [1.165, 1.54) is 0 Å². The first kappa shape index (κ1) is 14.5. The second kappa shape index (κ2) is 6.52. The number of likely N-dealkylation sites (N-methyl/N-ethyl adjacent to an activating group) is 1. The maximum atomic E-state index is 11.8. The Morgan fingerprint density at radius 1 is 1.35 bits per heavy atom. The maximum Gasteiger partial charge on any atom is 0.224 e. The quantitative estimate of drug-likeness (QED) is 0.835. The fourth-order valence-electron chi connectivity index (χ4n) is 2.21. The van der Waals surface area contributed by atoms with E-state index in [2.05, 4.69) is 10.6 Å². The monoisotopic (exact) mass is 275 g/mol. The van der Waals surface area contributed by atoms with Crippen molar-refractivity contribution in [1.82, 2.24) is 10.2 Å². The normalized spacial score (nSPS) is 13.8. The van der Waals surface area contributed by atoms with Gasteiger partial charge < -0.3 is 15.5 Å². The third-order valence-electron chi connectivity index (χ3n) is 3.31. The van der Waals surface area contributed by atoms with Gasteiger partial charge in [-0.3, -0.25) is 9.59 Å². The van der Waals surface area contributed by atoms with Gasteiger partial charge in [0, 0.05) is 25.2 Å². The van der Waals surface area contributed by atoms with Crippen LogP contribution in [0.25, 0.3) is 0 Å². The standard InChI is InChI=1S/C15H21N3O2/c1-18(2)8-7-16-15(20)10-11-3-5-13-12(9-11)4-6-14(19)17-13/h3,5,9H,4,6-8,10H2,1-2H3,(H,16,20)(H,17,19). The van der Waals surface area contributed by atoms with Crippen LogP contribution in [-0.4, -0.2) is 43.9 Å². The summed E-state index contributed by atoms with van der Waals surface area (Å²) in [6.07, 6.45) is 1.65. The first-order valence-electron chi connectivity index (χ1n) is 6.87. The van der Waals surface area contributed by atoms with Crippen LogP contribution in [0, 0.1) is 0 Å². The molecule has 0 aliphatic carbocycles. The highest BCUT2D eigenvalue weighted by Gasteiger charge is 2.15. The number of anilines is 1. The van der Waals surface area contributed by atoms with Crippen LogP contribution in [0.15, 0.2) is 18.2 Å². The van der Waals surface area contributed by atoms with E-state index in [-0.39, 0.29) is 11.8 Å². The highest BCUT2D eigenvalue weighted by Crippen LogP contribution is 2.23. The Kier molecular flexibility index (Phi) is 4.74. The molecule has 0 atom stereocenters. The van der Waals surface area contributed by atoms with Crippen LogP contribution in [0.3, 0.4) is 0 Å². The largest absolute Gasteiger partial charge is 0.355 e. The zero-order valence-electron chi connectivity index (χ0n) is 12.0. The van der Waals surface area contributed by atoms with E-state index in [1.54, 1.807) is 0 Å². The molecule has 0 spiro atoms. The Labute approximate surface area is 119 Å². The molecule has 1 aromatic rings. The lowest BCUT2D eigenvalue weighted by atomic mass is 9.99. The Balaban J connectivity index is 1.90. The van der Waals surface area contributed by atoms with E-state index in [9.17, 15) is 9.59 Å². The molecule has 0 unspecified atom stereocenters. The van der Waals surface area contributed by atoms with Crippen molar-refractivity contribution in [2.75, 3.05) is 32.5 Å². The number of hydrogen-bond acceptors (Lipinski definition) is 3. The van der Waals surface area contributed by atoms with Gasteiger partial charge in [-0.15, -0.1) is 0 Å². The van der Waals surface area contributed by atoms with Crippen LogP contribution in [0.1, 0.15) is 17.5 Å². The molecule has 0 fully saturated rings. The molecule has 1 heterocycles. The molecule has 1 aliphatic rings.